The van der Waals surface area contributed by atoms with Crippen molar-refractivity contribution in [1.82, 2.24) is 5.32 Å². The maximum Gasteiger partial charge on any atom is 0.407 e. The monoisotopic (exact) mass is 389 g/mol. The third-order valence-corrected chi connectivity index (χ3v) is 3.99. The highest BCUT2D eigenvalue weighted by molar-refractivity contribution is 5.72. The van der Waals surface area contributed by atoms with E-state index < -0.39 is 18.1 Å². The van der Waals surface area contributed by atoms with Gasteiger partial charge in [0.25, 0.3) is 0 Å². The average molecular weight is 389 g/mol. The minimum Gasteiger partial charge on any atom is -0.496 e. The molecule has 0 spiro atoms. The van der Waals surface area contributed by atoms with Crippen LogP contribution in [0.25, 0.3) is 0 Å². The summed E-state index contributed by atoms with van der Waals surface area (Å²) in [6, 6.07) is 11.4. The van der Waals surface area contributed by atoms with Gasteiger partial charge in [-0.2, -0.15) is 0 Å². The Morgan fingerprint density at radius 2 is 1.57 bits per heavy atom. The van der Waals surface area contributed by atoms with E-state index in [1.54, 1.807) is 12.1 Å². The van der Waals surface area contributed by atoms with E-state index in [0.717, 1.165) is 5.56 Å². The second kappa shape index (κ2) is 10.1. The molecule has 2 N–H and O–H groups in total. The highest BCUT2D eigenvalue weighted by atomic mass is 16.5. The fraction of sp³-hybridized carbons (Fsp3) is 0.300. The lowest BCUT2D eigenvalue weighted by Crippen LogP contribution is -2.31. The molecule has 0 aromatic heterocycles. The molecule has 1 atom stereocenters. The molecule has 2 aromatic rings. The zero-order chi connectivity index (χ0) is 20.5. The van der Waals surface area contributed by atoms with Gasteiger partial charge in [0.2, 0.25) is 0 Å². The van der Waals surface area contributed by atoms with Crippen molar-refractivity contribution in [3.8, 4) is 17.2 Å². The van der Waals surface area contributed by atoms with Crippen LogP contribution < -0.4 is 19.5 Å². The predicted octanol–water partition coefficient (Wildman–Crippen LogP) is 3.15. The van der Waals surface area contributed by atoms with Gasteiger partial charge in [-0.3, -0.25) is 4.79 Å². The SMILES string of the molecule is COc1cc(OC)c([C@H](CC(=O)O)NC(=O)OCc2ccccc2)cc1OC. The number of hydrogen-bond acceptors (Lipinski definition) is 6. The van der Waals surface area contributed by atoms with Gasteiger partial charge in [-0.1, -0.05) is 30.3 Å². The largest absolute Gasteiger partial charge is 0.496 e. The second-order valence-corrected chi connectivity index (χ2v) is 5.81. The summed E-state index contributed by atoms with van der Waals surface area (Å²) < 4.78 is 21.0. The lowest BCUT2D eigenvalue weighted by Gasteiger charge is -2.21. The number of methoxy groups -OCH3 is 3. The van der Waals surface area contributed by atoms with Gasteiger partial charge in [0, 0.05) is 11.6 Å². The number of rotatable bonds is 9. The smallest absolute Gasteiger partial charge is 0.407 e. The molecule has 0 heterocycles. The van der Waals surface area contributed by atoms with Crippen LogP contribution in [0.1, 0.15) is 23.6 Å². The van der Waals surface area contributed by atoms with Crippen LogP contribution in [-0.4, -0.2) is 38.5 Å². The fourth-order valence-corrected chi connectivity index (χ4v) is 2.65. The topological polar surface area (TPSA) is 103 Å². The summed E-state index contributed by atoms with van der Waals surface area (Å²) in [7, 11) is 4.38. The van der Waals surface area contributed by atoms with Crippen LogP contribution in [-0.2, 0) is 16.1 Å². The highest BCUT2D eigenvalue weighted by Gasteiger charge is 2.24. The molecule has 2 rings (SSSR count). The van der Waals surface area contributed by atoms with E-state index in [-0.39, 0.29) is 13.0 Å². The molecule has 150 valence electrons. The van der Waals surface area contributed by atoms with Gasteiger partial charge in [-0.15, -0.1) is 0 Å². The third kappa shape index (κ3) is 5.54. The first kappa shape index (κ1) is 20.9. The molecular formula is C20H23NO7. The van der Waals surface area contributed by atoms with Crippen LogP contribution >= 0.6 is 0 Å². The van der Waals surface area contributed by atoms with Gasteiger partial charge >= 0.3 is 12.1 Å². The van der Waals surface area contributed by atoms with Crippen LogP contribution in [0.15, 0.2) is 42.5 Å². The molecule has 0 unspecified atom stereocenters. The summed E-state index contributed by atoms with van der Waals surface area (Å²) in [5.41, 5.74) is 1.25. The number of ether oxygens (including phenoxy) is 4. The number of hydrogen-bond donors (Lipinski definition) is 2. The molecule has 0 fully saturated rings. The Bertz CT molecular complexity index is 808. The van der Waals surface area contributed by atoms with Crippen LogP contribution in [0.2, 0.25) is 0 Å². The van der Waals surface area contributed by atoms with Crippen molar-refractivity contribution in [3.05, 3.63) is 53.6 Å². The van der Waals surface area contributed by atoms with Crippen molar-refractivity contribution in [2.75, 3.05) is 21.3 Å². The molecule has 8 nitrogen and oxygen atoms in total. The molecule has 0 aliphatic heterocycles. The molecule has 8 heteroatoms. The Hall–Kier alpha value is -3.42. The van der Waals surface area contributed by atoms with Crippen LogP contribution in [0.3, 0.4) is 0 Å². The molecule has 0 aliphatic carbocycles. The van der Waals surface area contributed by atoms with Crippen molar-refractivity contribution in [1.29, 1.82) is 0 Å². The molecule has 1 amide bonds. The van der Waals surface area contributed by atoms with Crippen molar-refractivity contribution in [2.45, 2.75) is 19.1 Å². The summed E-state index contributed by atoms with van der Waals surface area (Å²) in [6.07, 6.45) is -1.11. The van der Waals surface area contributed by atoms with Crippen LogP contribution in [0.4, 0.5) is 4.79 Å². The number of benzene rings is 2. The summed E-state index contributed by atoms with van der Waals surface area (Å²) in [6.45, 7) is 0.0650. The van der Waals surface area contributed by atoms with Gasteiger partial charge in [-0.05, 0) is 11.6 Å². The maximum absolute atomic E-state index is 12.2. The normalized spacial score (nSPS) is 11.2. The quantitative estimate of drug-likeness (QED) is 0.679. The zero-order valence-corrected chi connectivity index (χ0v) is 15.9. The second-order valence-electron chi connectivity index (χ2n) is 5.81. The average Bonchev–Trinajstić information content (AvgIpc) is 2.71. The standard InChI is InChI=1S/C20H23NO7/c1-25-16-11-18(27-3)17(26-2)9-14(16)15(10-19(22)23)21-20(24)28-12-13-7-5-4-6-8-13/h4-9,11,15H,10,12H2,1-3H3,(H,21,24)(H,22,23)/t15-/m0/s1. The molecule has 0 saturated heterocycles. The summed E-state index contributed by atoms with van der Waals surface area (Å²) in [5, 5.41) is 11.8. The number of carboxylic acid groups (broad SMARTS) is 1. The number of aliphatic carboxylic acids is 1. The molecule has 0 saturated carbocycles. The number of alkyl carbamates (subject to hydrolysis) is 1. The highest BCUT2D eigenvalue weighted by Crippen LogP contribution is 2.38. The van der Waals surface area contributed by atoms with Gasteiger partial charge in [0.05, 0.1) is 33.8 Å². The summed E-state index contributed by atoms with van der Waals surface area (Å²) >= 11 is 0. The lowest BCUT2D eigenvalue weighted by atomic mass is 10.0. The van der Waals surface area contributed by atoms with Gasteiger partial charge < -0.3 is 29.4 Å². The Morgan fingerprint density at radius 3 is 2.14 bits per heavy atom. The van der Waals surface area contributed by atoms with Crippen molar-refractivity contribution >= 4 is 12.1 Å². The van der Waals surface area contributed by atoms with Gasteiger partial charge in [0.15, 0.2) is 11.5 Å². The van der Waals surface area contributed by atoms with Crippen LogP contribution in [0.5, 0.6) is 17.2 Å². The van der Waals surface area contributed by atoms with Crippen LogP contribution in [0, 0.1) is 0 Å². The molecule has 28 heavy (non-hydrogen) atoms. The van der Waals surface area contributed by atoms with Crippen molar-refractivity contribution in [2.24, 2.45) is 0 Å². The first-order valence-electron chi connectivity index (χ1n) is 8.47. The predicted molar refractivity (Wildman–Crippen MR) is 101 cm³/mol. The van der Waals surface area contributed by atoms with E-state index in [9.17, 15) is 14.7 Å². The number of amides is 1. The van der Waals surface area contributed by atoms with E-state index in [1.807, 2.05) is 30.3 Å². The van der Waals surface area contributed by atoms with Crippen molar-refractivity contribution < 1.29 is 33.6 Å². The molecule has 2 aromatic carbocycles. The number of carbonyl (C=O) groups excluding carboxylic acids is 1. The Balaban J connectivity index is 2.22. The molecular weight excluding hydrogens is 366 g/mol. The zero-order valence-electron chi connectivity index (χ0n) is 15.9. The first-order valence-corrected chi connectivity index (χ1v) is 8.47. The minimum atomic E-state index is -1.09. The Labute approximate surface area is 163 Å². The third-order valence-electron chi connectivity index (χ3n) is 3.99. The summed E-state index contributed by atoms with van der Waals surface area (Å²) in [4.78, 5) is 23.6. The Morgan fingerprint density at radius 1 is 0.964 bits per heavy atom. The van der Waals surface area contributed by atoms with E-state index in [2.05, 4.69) is 5.32 Å². The van der Waals surface area contributed by atoms with Gasteiger partial charge in [0.1, 0.15) is 12.4 Å². The number of nitrogens with one attached hydrogen (secondary N) is 1. The van der Waals surface area contributed by atoms with E-state index in [1.165, 1.54) is 21.3 Å². The van der Waals surface area contributed by atoms with E-state index in [4.69, 9.17) is 18.9 Å². The molecule has 0 aliphatic rings. The minimum absolute atomic E-state index is 0.0650. The first-order chi connectivity index (χ1) is 13.5. The maximum atomic E-state index is 12.2. The summed E-state index contributed by atoms with van der Waals surface area (Å²) in [5.74, 6) is 0.0643. The Kier molecular flexibility index (Phi) is 7.50. The lowest BCUT2D eigenvalue weighted by molar-refractivity contribution is -0.137. The van der Waals surface area contributed by atoms with E-state index >= 15 is 0 Å². The fourth-order valence-electron chi connectivity index (χ4n) is 2.65. The van der Waals surface area contributed by atoms with Gasteiger partial charge in [-0.25, -0.2) is 4.79 Å². The van der Waals surface area contributed by atoms with E-state index in [0.29, 0.717) is 22.8 Å². The molecule has 0 bridgehead atoms. The number of carboxylic acids is 1. The number of carbonyl (C=O) groups is 2. The van der Waals surface area contributed by atoms with Crippen molar-refractivity contribution in [3.63, 3.8) is 0 Å². The molecule has 0 radical (unpaired) electrons.